The number of benzene rings is 8. The highest BCUT2D eigenvalue weighted by molar-refractivity contribution is 7.01. The van der Waals surface area contributed by atoms with E-state index in [1.54, 1.807) is 0 Å². The fourth-order valence-corrected chi connectivity index (χ4v) is 8.87. The van der Waals surface area contributed by atoms with E-state index >= 15 is 0 Å². The third-order valence-electron chi connectivity index (χ3n) is 11.1. The number of rotatable bonds is 4. The molecule has 5 heteroatoms. The van der Waals surface area contributed by atoms with Gasteiger partial charge >= 0.3 is 0 Å². The van der Waals surface area contributed by atoms with Gasteiger partial charge in [0.25, 0.3) is 13.4 Å². The van der Waals surface area contributed by atoms with Gasteiger partial charge in [-0.3, -0.25) is 0 Å². The van der Waals surface area contributed by atoms with Gasteiger partial charge in [-0.1, -0.05) is 151 Å². The smallest absolute Gasteiger partial charge is 0.256 e. The third-order valence-corrected chi connectivity index (χ3v) is 11.1. The molecule has 11 rings (SSSR count). The molecular formula is C48H31B2NO2. The summed E-state index contributed by atoms with van der Waals surface area (Å²) in [4.78, 5) is 2.38. The van der Waals surface area contributed by atoms with Crippen LogP contribution < -0.4 is 47.2 Å². The van der Waals surface area contributed by atoms with Crippen molar-refractivity contribution < 1.29 is 9.47 Å². The summed E-state index contributed by atoms with van der Waals surface area (Å²) in [5, 5.41) is 0. The predicted octanol–water partition coefficient (Wildman–Crippen LogP) is 8.05. The van der Waals surface area contributed by atoms with Crippen LogP contribution in [0.5, 0.6) is 23.0 Å². The number of para-hydroxylation sites is 3. The molecule has 3 nitrogen and oxygen atoms in total. The zero-order valence-corrected chi connectivity index (χ0v) is 28.8. The minimum atomic E-state index is -0.108. The number of nitrogens with zero attached hydrogens (tertiary/aromatic N) is 1. The molecule has 8 aromatic carbocycles. The molecule has 0 saturated heterocycles. The molecule has 3 aliphatic heterocycles. The SMILES string of the molecule is c1ccc(-c2cccc(-c3ccccc3)c2B2c3ccccc3Oc3cc4c(cc32)B2c3ccccc3N(c3ccccc3)c3cccc(c32)O4)cc1. The second kappa shape index (κ2) is 11.9. The number of anilines is 3. The molecule has 0 spiro atoms. The molecule has 8 aromatic rings. The van der Waals surface area contributed by atoms with Crippen molar-refractivity contribution in [2.24, 2.45) is 0 Å². The summed E-state index contributed by atoms with van der Waals surface area (Å²) in [7, 11) is 0. The molecule has 0 bridgehead atoms. The Kier molecular flexibility index (Phi) is 6.75. The molecule has 0 saturated carbocycles. The molecular weight excluding hydrogens is 644 g/mol. The lowest BCUT2D eigenvalue weighted by Gasteiger charge is -2.40. The zero-order valence-electron chi connectivity index (χ0n) is 28.8. The van der Waals surface area contributed by atoms with Crippen LogP contribution in [0.3, 0.4) is 0 Å². The largest absolute Gasteiger partial charge is 0.458 e. The average Bonchev–Trinajstić information content (AvgIpc) is 3.23. The van der Waals surface area contributed by atoms with Crippen molar-refractivity contribution >= 4 is 63.3 Å². The molecule has 246 valence electrons. The van der Waals surface area contributed by atoms with Gasteiger partial charge in [-0.2, -0.15) is 0 Å². The Labute approximate surface area is 309 Å². The van der Waals surface area contributed by atoms with Crippen LogP contribution in [0.4, 0.5) is 17.1 Å². The lowest BCUT2D eigenvalue weighted by molar-refractivity contribution is 0.465. The van der Waals surface area contributed by atoms with E-state index < -0.39 is 0 Å². The molecule has 0 unspecified atom stereocenters. The molecule has 53 heavy (non-hydrogen) atoms. The molecule has 0 aromatic heterocycles. The van der Waals surface area contributed by atoms with E-state index in [9.17, 15) is 0 Å². The van der Waals surface area contributed by atoms with E-state index in [4.69, 9.17) is 9.47 Å². The quantitative estimate of drug-likeness (QED) is 0.176. The molecule has 3 heterocycles. The normalized spacial score (nSPS) is 13.1. The summed E-state index contributed by atoms with van der Waals surface area (Å²) in [5.74, 6) is 3.40. The monoisotopic (exact) mass is 675 g/mol. The van der Waals surface area contributed by atoms with Crippen LogP contribution in [0.25, 0.3) is 22.3 Å². The van der Waals surface area contributed by atoms with Crippen LogP contribution in [0, 0.1) is 0 Å². The van der Waals surface area contributed by atoms with Gasteiger partial charge in [0, 0.05) is 23.1 Å². The van der Waals surface area contributed by atoms with E-state index in [-0.39, 0.29) is 13.4 Å². The highest BCUT2D eigenvalue weighted by Crippen LogP contribution is 2.41. The van der Waals surface area contributed by atoms with Gasteiger partial charge in [-0.25, -0.2) is 0 Å². The van der Waals surface area contributed by atoms with Gasteiger partial charge in [0.05, 0.1) is 0 Å². The summed E-state index contributed by atoms with van der Waals surface area (Å²) in [6, 6.07) is 67.2. The first-order valence-corrected chi connectivity index (χ1v) is 18.2. The average molecular weight is 675 g/mol. The summed E-state index contributed by atoms with van der Waals surface area (Å²) in [5.41, 5.74) is 15.4. The summed E-state index contributed by atoms with van der Waals surface area (Å²) >= 11 is 0. The van der Waals surface area contributed by atoms with Crippen molar-refractivity contribution in [3.8, 4) is 45.3 Å². The van der Waals surface area contributed by atoms with Crippen LogP contribution in [0.1, 0.15) is 0 Å². The van der Waals surface area contributed by atoms with Crippen molar-refractivity contribution in [2.75, 3.05) is 4.90 Å². The molecule has 3 aliphatic rings. The Bertz CT molecular complexity index is 2640. The van der Waals surface area contributed by atoms with E-state index in [1.807, 2.05) is 0 Å². The standard InChI is InChI=1S/C48H31B2NO2/c1-4-16-32(17-5-1)35-22-14-23-36(33-18-6-2-7-19-33)47(35)50-38-25-11-13-28-43(38)52-45-31-46-39(30-40(45)50)49-37-24-10-12-26-41(37)51(34-20-8-3-9-21-34)42-27-15-29-44(53-46)48(42)49/h1-31H. The molecule has 0 fully saturated rings. The van der Waals surface area contributed by atoms with Gasteiger partial charge in [0.15, 0.2) is 0 Å². The topological polar surface area (TPSA) is 21.7 Å². The first-order valence-electron chi connectivity index (χ1n) is 18.2. The summed E-state index contributed by atoms with van der Waals surface area (Å²) < 4.78 is 13.7. The number of hydrogen-bond acceptors (Lipinski definition) is 3. The van der Waals surface area contributed by atoms with Gasteiger partial charge in [0.2, 0.25) is 0 Å². The number of fused-ring (bicyclic) bond motifs is 6. The van der Waals surface area contributed by atoms with Crippen molar-refractivity contribution in [2.45, 2.75) is 0 Å². The molecule has 0 aliphatic carbocycles. The Morgan fingerprint density at radius 3 is 1.55 bits per heavy atom. The lowest BCUT2D eigenvalue weighted by Crippen LogP contribution is -2.62. The Hall–Kier alpha value is -6.71. The van der Waals surface area contributed by atoms with Crippen molar-refractivity contribution in [1.82, 2.24) is 0 Å². The lowest BCUT2D eigenvalue weighted by atomic mass is 9.31. The fourth-order valence-electron chi connectivity index (χ4n) is 8.87. The van der Waals surface area contributed by atoms with Crippen LogP contribution in [0.15, 0.2) is 188 Å². The molecule has 0 N–H and O–H groups in total. The van der Waals surface area contributed by atoms with Crippen LogP contribution >= 0.6 is 0 Å². The first-order chi connectivity index (χ1) is 26.3. The second-order valence-corrected chi connectivity index (χ2v) is 14.0. The van der Waals surface area contributed by atoms with Crippen LogP contribution in [0.2, 0.25) is 0 Å². The number of hydrogen-bond donors (Lipinski definition) is 0. The van der Waals surface area contributed by atoms with Gasteiger partial charge in [0.1, 0.15) is 23.0 Å². The van der Waals surface area contributed by atoms with Crippen LogP contribution in [-0.2, 0) is 0 Å². The Morgan fingerprint density at radius 2 is 0.849 bits per heavy atom. The van der Waals surface area contributed by atoms with E-state index in [1.165, 1.54) is 44.3 Å². The third kappa shape index (κ3) is 4.64. The maximum Gasteiger partial charge on any atom is 0.256 e. The van der Waals surface area contributed by atoms with E-state index in [0.29, 0.717) is 0 Å². The van der Waals surface area contributed by atoms with Crippen molar-refractivity contribution in [3.63, 3.8) is 0 Å². The molecule has 0 radical (unpaired) electrons. The van der Waals surface area contributed by atoms with E-state index in [2.05, 4.69) is 193 Å². The minimum Gasteiger partial charge on any atom is -0.458 e. The van der Waals surface area contributed by atoms with Crippen molar-refractivity contribution in [3.05, 3.63) is 188 Å². The first kappa shape index (κ1) is 30.0. The molecule has 0 amide bonds. The minimum absolute atomic E-state index is 0.0257. The van der Waals surface area contributed by atoms with Gasteiger partial charge < -0.3 is 14.4 Å². The number of ether oxygens (including phenoxy) is 2. The maximum absolute atomic E-state index is 6.90. The fraction of sp³-hybridized carbons (Fsp3) is 0. The van der Waals surface area contributed by atoms with Gasteiger partial charge in [-0.05, 0) is 86.0 Å². The Balaban J connectivity index is 1.18. The highest BCUT2D eigenvalue weighted by Gasteiger charge is 2.44. The van der Waals surface area contributed by atoms with Crippen molar-refractivity contribution in [1.29, 1.82) is 0 Å². The maximum atomic E-state index is 6.90. The highest BCUT2D eigenvalue weighted by atomic mass is 16.5. The second-order valence-electron chi connectivity index (χ2n) is 14.0. The van der Waals surface area contributed by atoms with Gasteiger partial charge in [-0.15, -0.1) is 0 Å². The summed E-state index contributed by atoms with van der Waals surface area (Å²) in [6.07, 6.45) is 0. The summed E-state index contributed by atoms with van der Waals surface area (Å²) in [6.45, 7) is -0.134. The van der Waals surface area contributed by atoms with E-state index in [0.717, 1.165) is 50.8 Å². The Morgan fingerprint density at radius 1 is 0.340 bits per heavy atom. The zero-order chi connectivity index (χ0) is 34.9. The van der Waals surface area contributed by atoms with Crippen LogP contribution in [-0.4, -0.2) is 13.4 Å². The molecule has 0 atom stereocenters. The predicted molar refractivity (Wildman–Crippen MR) is 221 cm³/mol.